The average Bonchev–Trinajstić information content (AvgIpc) is 2.58. The third-order valence-corrected chi connectivity index (χ3v) is 6.25. The van der Waals surface area contributed by atoms with E-state index in [2.05, 4.69) is 6.92 Å². The Morgan fingerprint density at radius 2 is 0.520 bits per heavy atom. The van der Waals surface area contributed by atoms with Crippen LogP contribution in [0.3, 0.4) is 0 Å². The lowest BCUT2D eigenvalue weighted by Gasteiger charge is -2.24. The topological polar surface area (TPSA) is 26.0 Å². The van der Waals surface area contributed by atoms with Gasteiger partial charge in [-0.15, -0.1) is 0 Å². The van der Waals surface area contributed by atoms with Crippen LogP contribution in [0.2, 0.25) is 0 Å². The summed E-state index contributed by atoms with van der Waals surface area (Å²) in [7, 11) is 0. The maximum Gasteiger partial charge on any atom is 0.0125 e. The molecular weight excluding hydrogens is 302 g/mol. The van der Waals surface area contributed by atoms with Gasteiger partial charge in [0.25, 0.3) is 0 Å². The minimum atomic E-state index is 0.0925. The number of nitrogens with two attached hydrogens (primary N) is 1. The zero-order valence-electron chi connectivity index (χ0n) is 17.6. The van der Waals surface area contributed by atoms with Gasteiger partial charge >= 0.3 is 0 Å². The zero-order chi connectivity index (χ0) is 18.1. The van der Waals surface area contributed by atoms with Crippen LogP contribution in [0.25, 0.3) is 0 Å². The van der Waals surface area contributed by atoms with E-state index in [1.54, 1.807) is 0 Å². The van der Waals surface area contributed by atoms with Crippen LogP contribution in [0.1, 0.15) is 148 Å². The van der Waals surface area contributed by atoms with Crippen molar-refractivity contribution in [1.82, 2.24) is 0 Å². The van der Waals surface area contributed by atoms with E-state index in [0.29, 0.717) is 0 Å². The van der Waals surface area contributed by atoms with Gasteiger partial charge in [0.2, 0.25) is 0 Å². The van der Waals surface area contributed by atoms with Crippen molar-refractivity contribution in [3.05, 3.63) is 0 Å². The molecule has 0 amide bonds. The Balaban J connectivity index is 2.15. The van der Waals surface area contributed by atoms with Crippen molar-refractivity contribution in [3.63, 3.8) is 0 Å². The van der Waals surface area contributed by atoms with E-state index in [9.17, 15) is 0 Å². The second kappa shape index (κ2) is 16.2. The van der Waals surface area contributed by atoms with Crippen LogP contribution in [-0.2, 0) is 0 Å². The highest BCUT2D eigenvalue weighted by Crippen LogP contribution is 2.21. The predicted octanol–water partition coefficient (Wildman–Crippen LogP) is 8.30. The lowest BCUT2D eigenvalue weighted by Crippen LogP contribution is -2.35. The van der Waals surface area contributed by atoms with E-state index in [1.165, 1.54) is 141 Å². The molecule has 0 radical (unpaired) electrons. The van der Waals surface area contributed by atoms with Crippen LogP contribution in [0.4, 0.5) is 0 Å². The molecule has 0 heterocycles. The van der Waals surface area contributed by atoms with Gasteiger partial charge in [0.05, 0.1) is 0 Å². The largest absolute Gasteiger partial charge is 0.325 e. The van der Waals surface area contributed by atoms with Gasteiger partial charge in [0.15, 0.2) is 0 Å². The normalized spacial score (nSPS) is 25.2. The number of rotatable bonds is 0. The lowest BCUT2D eigenvalue weighted by atomic mass is 9.89. The molecule has 1 saturated carbocycles. The van der Waals surface area contributed by atoms with Crippen molar-refractivity contribution in [2.45, 2.75) is 154 Å². The van der Waals surface area contributed by atoms with Gasteiger partial charge in [-0.1, -0.05) is 128 Å². The first-order valence-electron chi connectivity index (χ1n) is 12.0. The highest BCUT2D eigenvalue weighted by atomic mass is 14.7. The molecule has 0 aromatic heterocycles. The van der Waals surface area contributed by atoms with Crippen LogP contribution >= 0.6 is 0 Å². The second-order valence-corrected chi connectivity index (χ2v) is 9.23. The van der Waals surface area contributed by atoms with Gasteiger partial charge in [0.1, 0.15) is 0 Å². The summed E-state index contributed by atoms with van der Waals surface area (Å²) in [5, 5.41) is 0. The standard InChI is InChI=1S/C24H49N/c1-24(25)22-20-18-16-14-12-10-8-6-4-2-3-5-7-9-11-13-15-17-19-21-23-24/h2-23,25H2,1H3. The van der Waals surface area contributed by atoms with E-state index < -0.39 is 0 Å². The molecule has 0 aromatic carbocycles. The van der Waals surface area contributed by atoms with Crippen LogP contribution < -0.4 is 5.73 Å². The molecule has 0 bridgehead atoms. The van der Waals surface area contributed by atoms with E-state index >= 15 is 0 Å². The Kier molecular flexibility index (Phi) is 14.9. The molecule has 0 spiro atoms. The van der Waals surface area contributed by atoms with Crippen molar-refractivity contribution < 1.29 is 0 Å². The summed E-state index contributed by atoms with van der Waals surface area (Å²) in [4.78, 5) is 0. The number of hydrogen-bond donors (Lipinski definition) is 1. The van der Waals surface area contributed by atoms with Gasteiger partial charge < -0.3 is 5.73 Å². The molecule has 0 unspecified atom stereocenters. The minimum Gasteiger partial charge on any atom is -0.325 e. The van der Waals surface area contributed by atoms with Gasteiger partial charge in [-0.3, -0.25) is 0 Å². The third-order valence-electron chi connectivity index (χ3n) is 6.25. The molecule has 1 heteroatoms. The van der Waals surface area contributed by atoms with Crippen LogP contribution in [0, 0.1) is 0 Å². The maximum absolute atomic E-state index is 6.51. The third kappa shape index (κ3) is 15.9. The van der Waals surface area contributed by atoms with Crippen LogP contribution in [-0.4, -0.2) is 5.54 Å². The summed E-state index contributed by atoms with van der Waals surface area (Å²) in [6.45, 7) is 2.29. The highest BCUT2D eigenvalue weighted by Gasteiger charge is 2.16. The summed E-state index contributed by atoms with van der Waals surface area (Å²) in [6.07, 6.45) is 31.4. The molecule has 25 heavy (non-hydrogen) atoms. The van der Waals surface area contributed by atoms with E-state index in [4.69, 9.17) is 5.73 Å². The Morgan fingerprint density at radius 1 is 0.360 bits per heavy atom. The van der Waals surface area contributed by atoms with Crippen LogP contribution in [0.5, 0.6) is 0 Å². The molecule has 0 aromatic rings. The molecule has 0 atom stereocenters. The zero-order valence-corrected chi connectivity index (χ0v) is 17.6. The summed E-state index contributed by atoms with van der Waals surface area (Å²) in [6, 6.07) is 0. The van der Waals surface area contributed by atoms with Crippen molar-refractivity contribution in [1.29, 1.82) is 0 Å². The Morgan fingerprint density at radius 3 is 0.720 bits per heavy atom. The quantitative estimate of drug-likeness (QED) is 0.466. The smallest absolute Gasteiger partial charge is 0.0125 e. The molecule has 2 N–H and O–H groups in total. The van der Waals surface area contributed by atoms with Crippen LogP contribution in [0.15, 0.2) is 0 Å². The average molecular weight is 352 g/mol. The molecule has 0 aliphatic heterocycles. The molecule has 1 aliphatic carbocycles. The van der Waals surface area contributed by atoms with Gasteiger partial charge in [-0.25, -0.2) is 0 Å². The SMILES string of the molecule is CC1(N)CCCCCCCCCCCCCCCCCCCCCC1. The van der Waals surface area contributed by atoms with Crippen molar-refractivity contribution in [3.8, 4) is 0 Å². The Hall–Kier alpha value is -0.0400. The molecule has 1 rings (SSSR count). The van der Waals surface area contributed by atoms with Gasteiger partial charge in [-0.05, 0) is 19.8 Å². The molecule has 1 fully saturated rings. The maximum atomic E-state index is 6.51. The van der Waals surface area contributed by atoms with E-state index in [-0.39, 0.29) is 5.54 Å². The minimum absolute atomic E-state index is 0.0925. The fourth-order valence-electron chi connectivity index (χ4n) is 4.36. The first-order valence-corrected chi connectivity index (χ1v) is 12.0. The monoisotopic (exact) mass is 351 g/mol. The lowest BCUT2D eigenvalue weighted by molar-refractivity contribution is 0.363. The van der Waals surface area contributed by atoms with Crippen molar-refractivity contribution in [2.24, 2.45) is 5.73 Å². The van der Waals surface area contributed by atoms with Crippen molar-refractivity contribution in [2.75, 3.05) is 0 Å². The first-order chi connectivity index (χ1) is 12.2. The fourth-order valence-corrected chi connectivity index (χ4v) is 4.36. The number of hydrogen-bond acceptors (Lipinski definition) is 1. The molecule has 150 valence electrons. The summed E-state index contributed by atoms with van der Waals surface area (Å²) in [5.74, 6) is 0. The fraction of sp³-hybridized carbons (Fsp3) is 1.00. The molecule has 0 saturated heterocycles. The predicted molar refractivity (Wildman–Crippen MR) is 114 cm³/mol. The first kappa shape index (κ1) is 23.0. The van der Waals surface area contributed by atoms with E-state index in [1.807, 2.05) is 0 Å². The Labute approximate surface area is 159 Å². The van der Waals surface area contributed by atoms with Gasteiger partial charge in [0, 0.05) is 5.54 Å². The summed E-state index contributed by atoms with van der Waals surface area (Å²) >= 11 is 0. The molecule has 1 aliphatic rings. The highest BCUT2D eigenvalue weighted by molar-refractivity contribution is 4.78. The van der Waals surface area contributed by atoms with Crippen molar-refractivity contribution >= 4 is 0 Å². The van der Waals surface area contributed by atoms with E-state index in [0.717, 1.165) is 0 Å². The second-order valence-electron chi connectivity index (χ2n) is 9.23. The molecule has 1 nitrogen and oxygen atoms in total. The summed E-state index contributed by atoms with van der Waals surface area (Å²) < 4.78 is 0. The molecular formula is C24H49N. The summed E-state index contributed by atoms with van der Waals surface area (Å²) in [5.41, 5.74) is 6.61. The Bertz CT molecular complexity index is 245. The van der Waals surface area contributed by atoms with Gasteiger partial charge in [-0.2, -0.15) is 0 Å².